The minimum Gasteiger partial charge on any atom is -0.494 e. The number of carbonyl (C=O) groups excluding carboxylic acids is 3. The average Bonchev–Trinajstić information content (AvgIpc) is 3.52. The van der Waals surface area contributed by atoms with Gasteiger partial charge in [-0.05, 0) is 55.5 Å². The van der Waals surface area contributed by atoms with Crippen molar-refractivity contribution in [2.24, 2.45) is 0 Å². The molecule has 9 nitrogen and oxygen atoms in total. The van der Waals surface area contributed by atoms with E-state index in [9.17, 15) is 14.4 Å². The lowest BCUT2D eigenvalue weighted by Gasteiger charge is -2.34. The van der Waals surface area contributed by atoms with Crippen LogP contribution in [0.4, 0.5) is 5.69 Å². The van der Waals surface area contributed by atoms with Crippen LogP contribution in [0.5, 0.6) is 5.75 Å². The quantitative estimate of drug-likeness (QED) is 0.597. The first-order valence-corrected chi connectivity index (χ1v) is 10.8. The van der Waals surface area contributed by atoms with E-state index >= 15 is 0 Å². The van der Waals surface area contributed by atoms with Gasteiger partial charge in [0.2, 0.25) is 5.91 Å². The lowest BCUT2D eigenvalue weighted by Crippen LogP contribution is -2.50. The molecule has 0 radical (unpaired) electrons. The van der Waals surface area contributed by atoms with Crippen LogP contribution in [0.2, 0.25) is 0 Å². The largest absolute Gasteiger partial charge is 0.494 e. The molecule has 1 aliphatic rings. The molecule has 0 aliphatic carbocycles. The van der Waals surface area contributed by atoms with Crippen LogP contribution >= 0.6 is 0 Å². The molecular weight excluding hydrogens is 424 g/mol. The first-order valence-electron chi connectivity index (χ1n) is 10.8. The molecular formula is C24H26N4O5. The lowest BCUT2D eigenvalue weighted by atomic mass is 10.2. The summed E-state index contributed by atoms with van der Waals surface area (Å²) in [6.45, 7) is 4.16. The molecule has 0 bridgehead atoms. The third-order valence-electron chi connectivity index (χ3n) is 5.40. The first kappa shape index (κ1) is 22.2. The fourth-order valence-electron chi connectivity index (χ4n) is 3.73. The number of nitrogens with zero attached hydrogens (tertiary/aromatic N) is 3. The molecule has 3 aromatic rings. The van der Waals surface area contributed by atoms with E-state index in [0.29, 0.717) is 49.9 Å². The number of carbonyl (C=O) groups is 3. The number of hydrogen-bond acceptors (Lipinski definition) is 5. The Hall–Kier alpha value is -4.01. The summed E-state index contributed by atoms with van der Waals surface area (Å²) in [6.07, 6.45) is 3.18. The Morgan fingerprint density at radius 2 is 1.64 bits per heavy atom. The normalized spacial score (nSPS) is 13.6. The van der Waals surface area contributed by atoms with Crippen molar-refractivity contribution < 1.29 is 23.5 Å². The predicted molar refractivity (Wildman–Crippen MR) is 121 cm³/mol. The third-order valence-corrected chi connectivity index (χ3v) is 5.40. The zero-order valence-corrected chi connectivity index (χ0v) is 18.4. The van der Waals surface area contributed by atoms with E-state index in [1.807, 2.05) is 6.92 Å². The van der Waals surface area contributed by atoms with Crippen LogP contribution in [0.1, 0.15) is 28.0 Å². The second kappa shape index (κ2) is 10.1. The monoisotopic (exact) mass is 450 g/mol. The van der Waals surface area contributed by atoms with E-state index in [-0.39, 0.29) is 24.3 Å². The number of piperazine rings is 1. The van der Waals surface area contributed by atoms with Gasteiger partial charge in [0.1, 0.15) is 18.0 Å². The lowest BCUT2D eigenvalue weighted by molar-refractivity contribution is -0.116. The highest BCUT2D eigenvalue weighted by atomic mass is 16.5. The summed E-state index contributed by atoms with van der Waals surface area (Å²) in [7, 11) is 0. The van der Waals surface area contributed by atoms with Crippen molar-refractivity contribution in [3.8, 4) is 5.75 Å². The summed E-state index contributed by atoms with van der Waals surface area (Å²) in [5.41, 5.74) is 1.09. The van der Waals surface area contributed by atoms with Gasteiger partial charge in [-0.1, -0.05) is 0 Å². The molecule has 3 amide bonds. The van der Waals surface area contributed by atoms with Gasteiger partial charge in [0.25, 0.3) is 11.8 Å². The number of ether oxygens (including phenoxy) is 1. The number of anilines is 1. The summed E-state index contributed by atoms with van der Waals surface area (Å²) in [6, 6.07) is 13.9. The van der Waals surface area contributed by atoms with Crippen LogP contribution in [0, 0.1) is 0 Å². The van der Waals surface area contributed by atoms with Crippen molar-refractivity contribution in [1.82, 2.24) is 14.4 Å². The molecule has 1 fully saturated rings. The summed E-state index contributed by atoms with van der Waals surface area (Å²) in [5.74, 6) is 0.445. The van der Waals surface area contributed by atoms with Gasteiger partial charge < -0.3 is 28.8 Å². The minimum absolute atomic E-state index is 0.0121. The Kier molecular flexibility index (Phi) is 6.77. The first-order chi connectivity index (χ1) is 16.0. The van der Waals surface area contributed by atoms with Crippen molar-refractivity contribution in [2.45, 2.75) is 13.5 Å². The average molecular weight is 450 g/mol. The van der Waals surface area contributed by atoms with Crippen LogP contribution in [0.25, 0.3) is 0 Å². The summed E-state index contributed by atoms with van der Waals surface area (Å²) in [4.78, 5) is 41.4. The maximum Gasteiger partial charge on any atom is 0.289 e. The number of amides is 3. The van der Waals surface area contributed by atoms with Gasteiger partial charge in [-0.25, -0.2) is 0 Å². The highest BCUT2D eigenvalue weighted by Gasteiger charge is 2.27. The third kappa shape index (κ3) is 5.25. The number of hydrogen-bond donors (Lipinski definition) is 1. The van der Waals surface area contributed by atoms with Crippen molar-refractivity contribution in [3.05, 3.63) is 72.4 Å². The van der Waals surface area contributed by atoms with Gasteiger partial charge >= 0.3 is 0 Å². The molecule has 0 atom stereocenters. The van der Waals surface area contributed by atoms with Crippen molar-refractivity contribution in [2.75, 3.05) is 38.1 Å². The van der Waals surface area contributed by atoms with Gasteiger partial charge in [0.15, 0.2) is 5.76 Å². The fourth-order valence-corrected chi connectivity index (χ4v) is 3.73. The standard InChI is InChI=1S/C24H26N4O5/c1-2-32-19-9-7-18(8-10-19)25-22(29)17-28-11-3-5-20(28)23(30)26-12-14-27(15-13-26)24(31)21-6-4-16-33-21/h3-11,16H,2,12-15,17H2,1H3,(H,25,29). The summed E-state index contributed by atoms with van der Waals surface area (Å²) < 4.78 is 12.2. The predicted octanol–water partition coefficient (Wildman–Crippen LogP) is 2.72. The molecule has 4 rings (SSSR count). The van der Waals surface area contributed by atoms with E-state index in [1.54, 1.807) is 69.1 Å². The summed E-state index contributed by atoms with van der Waals surface area (Å²) in [5, 5.41) is 2.83. The molecule has 1 aromatic carbocycles. The van der Waals surface area contributed by atoms with E-state index in [0.717, 1.165) is 5.75 Å². The molecule has 1 saturated heterocycles. The van der Waals surface area contributed by atoms with Crippen molar-refractivity contribution in [1.29, 1.82) is 0 Å². The maximum atomic E-state index is 13.1. The number of furan rings is 1. The summed E-state index contributed by atoms with van der Waals surface area (Å²) >= 11 is 0. The Labute approximate surface area is 191 Å². The highest BCUT2D eigenvalue weighted by molar-refractivity contribution is 5.95. The van der Waals surface area contributed by atoms with Crippen LogP contribution in [-0.2, 0) is 11.3 Å². The fraction of sp³-hybridized carbons (Fsp3) is 0.292. The molecule has 0 saturated carbocycles. The van der Waals surface area contributed by atoms with Crippen LogP contribution in [0.3, 0.4) is 0 Å². The smallest absolute Gasteiger partial charge is 0.289 e. The van der Waals surface area contributed by atoms with Gasteiger partial charge in [0.05, 0.1) is 12.9 Å². The molecule has 9 heteroatoms. The topological polar surface area (TPSA) is 97.0 Å². The SMILES string of the molecule is CCOc1ccc(NC(=O)Cn2cccc2C(=O)N2CCN(C(=O)c3ccco3)CC2)cc1. The van der Waals surface area contributed by atoms with Crippen molar-refractivity contribution >= 4 is 23.4 Å². The van der Waals surface area contributed by atoms with Crippen LogP contribution in [0.15, 0.2) is 65.4 Å². The van der Waals surface area contributed by atoms with Crippen LogP contribution < -0.4 is 10.1 Å². The Morgan fingerprint density at radius 3 is 2.27 bits per heavy atom. The van der Waals surface area contributed by atoms with E-state index in [4.69, 9.17) is 9.15 Å². The molecule has 0 spiro atoms. The Morgan fingerprint density at radius 1 is 0.939 bits per heavy atom. The van der Waals surface area contributed by atoms with E-state index in [1.165, 1.54) is 6.26 Å². The van der Waals surface area contributed by atoms with E-state index in [2.05, 4.69) is 5.32 Å². The van der Waals surface area contributed by atoms with Gasteiger partial charge in [-0.2, -0.15) is 0 Å². The number of nitrogens with one attached hydrogen (secondary N) is 1. The zero-order chi connectivity index (χ0) is 23.2. The highest BCUT2D eigenvalue weighted by Crippen LogP contribution is 2.16. The second-order valence-electron chi connectivity index (χ2n) is 7.59. The minimum atomic E-state index is -0.238. The molecule has 0 unspecified atom stereocenters. The van der Waals surface area contributed by atoms with Gasteiger partial charge in [-0.15, -0.1) is 0 Å². The zero-order valence-electron chi connectivity index (χ0n) is 18.4. The molecule has 172 valence electrons. The van der Waals surface area contributed by atoms with Gasteiger partial charge in [0, 0.05) is 38.1 Å². The molecule has 3 heterocycles. The van der Waals surface area contributed by atoms with E-state index < -0.39 is 0 Å². The number of benzene rings is 1. The molecule has 1 aliphatic heterocycles. The Bertz CT molecular complexity index is 1100. The maximum absolute atomic E-state index is 13.1. The Balaban J connectivity index is 1.32. The molecule has 1 N–H and O–H groups in total. The number of rotatable bonds is 7. The van der Waals surface area contributed by atoms with Crippen molar-refractivity contribution in [3.63, 3.8) is 0 Å². The second-order valence-corrected chi connectivity index (χ2v) is 7.59. The molecule has 2 aromatic heterocycles. The van der Waals surface area contributed by atoms with Crippen LogP contribution in [-0.4, -0.2) is 64.9 Å². The molecule has 33 heavy (non-hydrogen) atoms. The number of aromatic nitrogens is 1. The van der Waals surface area contributed by atoms with Gasteiger partial charge in [-0.3, -0.25) is 14.4 Å².